The monoisotopic (exact) mass is 828 g/mol. The molecule has 59 heavy (non-hydrogen) atoms. The minimum atomic E-state index is -1.60. The summed E-state index contributed by atoms with van der Waals surface area (Å²) in [6.45, 7) is -0.401. The molecule has 4 aliphatic rings. The first-order valence-electron chi connectivity index (χ1n) is 19.1. The molecule has 0 spiro atoms. The van der Waals surface area contributed by atoms with E-state index in [9.17, 15) is 19.5 Å². The number of hydrazine groups is 1. The number of benzene rings is 4. The first-order valence-corrected chi connectivity index (χ1v) is 19.9. The van der Waals surface area contributed by atoms with Gasteiger partial charge in [0.05, 0.1) is 47.2 Å². The topological polar surface area (TPSA) is 155 Å². The number of carbonyl (C=O) groups excluding carboxylic acids is 4. The van der Waals surface area contributed by atoms with E-state index in [1.807, 2.05) is 30.3 Å². The molecule has 296 valence electrons. The third kappa shape index (κ3) is 5.57. The maximum absolute atomic E-state index is 15.4. The van der Waals surface area contributed by atoms with Crippen molar-refractivity contribution in [3.63, 3.8) is 0 Å². The van der Waals surface area contributed by atoms with Gasteiger partial charge in [0.15, 0.2) is 5.58 Å². The number of halogens is 2. The zero-order valence-electron chi connectivity index (χ0n) is 31.3. The van der Waals surface area contributed by atoms with E-state index in [1.165, 1.54) is 18.1 Å². The van der Waals surface area contributed by atoms with E-state index < -0.39 is 59.3 Å². The molecule has 4 heterocycles. The Morgan fingerprint density at radius 3 is 2.37 bits per heavy atom. The number of fused-ring (bicyclic) bond motifs is 5. The van der Waals surface area contributed by atoms with Crippen LogP contribution >= 0.6 is 23.2 Å². The minimum Gasteiger partial charge on any atom is -0.497 e. The van der Waals surface area contributed by atoms with Crippen LogP contribution in [0.5, 0.6) is 5.75 Å². The van der Waals surface area contributed by atoms with Crippen molar-refractivity contribution in [2.24, 2.45) is 23.7 Å². The number of ether oxygens (including phenoxy) is 1. The molecular weight excluding hydrogens is 795 g/mol. The highest BCUT2D eigenvalue weighted by atomic mass is 35.5. The molecule has 0 radical (unpaired) electrons. The number of imide groups is 2. The van der Waals surface area contributed by atoms with Crippen LogP contribution in [-0.2, 0) is 31.2 Å². The predicted molar refractivity (Wildman–Crippen MR) is 217 cm³/mol. The number of hydrogen-bond acceptors (Lipinski definition) is 10. The molecule has 0 unspecified atom stereocenters. The van der Waals surface area contributed by atoms with E-state index >= 15 is 4.79 Å². The van der Waals surface area contributed by atoms with Crippen LogP contribution in [0, 0.1) is 23.7 Å². The number of nitrogens with one attached hydrogen (secondary N) is 1. The van der Waals surface area contributed by atoms with E-state index in [0.717, 1.165) is 5.01 Å². The number of aliphatic hydroxyl groups excluding tert-OH is 1. The lowest BCUT2D eigenvalue weighted by Crippen LogP contribution is -2.53. The number of aromatic nitrogens is 1. The zero-order valence-corrected chi connectivity index (χ0v) is 32.8. The summed E-state index contributed by atoms with van der Waals surface area (Å²) in [6, 6.07) is 29.3. The highest BCUT2D eigenvalue weighted by molar-refractivity contribution is 6.36. The molecule has 2 aromatic heterocycles. The first-order chi connectivity index (χ1) is 28.6. The number of methoxy groups -OCH3 is 1. The Labute approximate surface area is 346 Å². The molecule has 2 aliphatic heterocycles. The highest BCUT2D eigenvalue weighted by Crippen LogP contribution is 2.64. The van der Waals surface area contributed by atoms with E-state index in [2.05, 4.69) is 10.4 Å². The highest BCUT2D eigenvalue weighted by Gasteiger charge is 2.71. The molecule has 14 heteroatoms. The number of para-hydroxylation sites is 2. The molecule has 2 N–H and O–H groups in total. The van der Waals surface area contributed by atoms with E-state index in [0.29, 0.717) is 55.9 Å². The quantitative estimate of drug-likeness (QED) is 0.114. The van der Waals surface area contributed by atoms with E-state index in [4.69, 9.17) is 36.8 Å². The first kappa shape index (κ1) is 37.1. The van der Waals surface area contributed by atoms with Crippen molar-refractivity contribution in [1.82, 2.24) is 9.99 Å². The molecule has 4 aromatic carbocycles. The summed E-state index contributed by atoms with van der Waals surface area (Å²) in [4.78, 5) is 65.3. The molecule has 1 saturated carbocycles. The lowest BCUT2D eigenvalue weighted by Gasteiger charge is -2.49. The van der Waals surface area contributed by atoms with Crippen LogP contribution in [0.25, 0.3) is 22.6 Å². The number of oxazole rings is 1. The molecule has 6 atom stereocenters. The summed E-state index contributed by atoms with van der Waals surface area (Å²) in [5.74, 6) is -4.42. The smallest absolute Gasteiger partial charge is 0.260 e. The number of anilines is 2. The normalized spacial score (nSPS) is 24.9. The molecule has 0 bridgehead atoms. The summed E-state index contributed by atoms with van der Waals surface area (Å²) < 4.78 is 17.7. The summed E-state index contributed by atoms with van der Waals surface area (Å²) in [6.07, 6.45) is 2.23. The minimum absolute atomic E-state index is 0.0731. The van der Waals surface area contributed by atoms with Gasteiger partial charge in [-0.2, -0.15) is 5.01 Å². The molecule has 6 aromatic rings. The van der Waals surface area contributed by atoms with Gasteiger partial charge >= 0.3 is 0 Å². The van der Waals surface area contributed by atoms with E-state index in [-0.39, 0.29) is 35.2 Å². The number of carbonyl (C=O) groups is 4. The van der Waals surface area contributed by atoms with Gasteiger partial charge in [-0.25, -0.2) is 4.98 Å². The molecular formula is C45H34Cl2N4O8. The Bertz CT molecular complexity index is 2710. The average Bonchev–Trinajstić information content (AvgIpc) is 4.02. The van der Waals surface area contributed by atoms with Crippen molar-refractivity contribution in [3.8, 4) is 17.2 Å². The lowest BCUT2D eigenvalue weighted by atomic mass is 9.50. The number of amides is 4. The number of hydrogen-bond donors (Lipinski definition) is 2. The number of furan rings is 1. The van der Waals surface area contributed by atoms with Gasteiger partial charge in [-0.3, -0.25) is 29.5 Å². The van der Waals surface area contributed by atoms with Gasteiger partial charge in [0.25, 0.3) is 11.8 Å². The number of rotatable bonds is 8. The third-order valence-electron chi connectivity index (χ3n) is 12.4. The van der Waals surface area contributed by atoms with Gasteiger partial charge < -0.3 is 18.7 Å². The van der Waals surface area contributed by atoms with Crippen LogP contribution in [0.4, 0.5) is 11.4 Å². The van der Waals surface area contributed by atoms with Gasteiger partial charge in [0.2, 0.25) is 17.7 Å². The Morgan fingerprint density at radius 2 is 1.66 bits per heavy atom. The third-order valence-corrected chi connectivity index (χ3v) is 12.9. The summed E-state index contributed by atoms with van der Waals surface area (Å²) in [5.41, 5.74) is 5.33. The Hall–Kier alpha value is -6.21. The second kappa shape index (κ2) is 14.0. The lowest BCUT2D eigenvalue weighted by molar-refractivity contribution is -0.138. The number of aliphatic hydroxyl groups is 1. The van der Waals surface area contributed by atoms with Crippen LogP contribution in [-0.4, -0.2) is 45.8 Å². The van der Waals surface area contributed by atoms with Crippen molar-refractivity contribution in [3.05, 3.63) is 142 Å². The van der Waals surface area contributed by atoms with Gasteiger partial charge in [-0.05, 0) is 103 Å². The molecule has 4 amide bonds. The molecule has 10 rings (SSSR count). The number of nitrogens with zero attached hydrogens (tertiary/aromatic N) is 3. The molecule has 12 nitrogen and oxygen atoms in total. The van der Waals surface area contributed by atoms with Crippen LogP contribution in [0.2, 0.25) is 10.0 Å². The van der Waals surface area contributed by atoms with Crippen LogP contribution in [0.3, 0.4) is 0 Å². The summed E-state index contributed by atoms with van der Waals surface area (Å²) in [5, 5.41) is 11.7. The van der Waals surface area contributed by atoms with Gasteiger partial charge in [0, 0.05) is 10.6 Å². The van der Waals surface area contributed by atoms with Crippen LogP contribution in [0.15, 0.2) is 124 Å². The maximum Gasteiger partial charge on any atom is 0.260 e. The van der Waals surface area contributed by atoms with E-state index in [1.54, 1.807) is 72.8 Å². The average molecular weight is 830 g/mol. The summed E-state index contributed by atoms with van der Waals surface area (Å²) >= 11 is 12.7. The van der Waals surface area contributed by atoms with Crippen LogP contribution in [0.1, 0.15) is 35.8 Å². The van der Waals surface area contributed by atoms with Gasteiger partial charge in [0.1, 0.15) is 34.8 Å². The van der Waals surface area contributed by atoms with Gasteiger partial charge in [-0.1, -0.05) is 59.1 Å². The fraction of sp³-hybridized carbons (Fsp3) is 0.222. The Morgan fingerprint density at radius 1 is 0.881 bits per heavy atom. The molecule has 2 saturated heterocycles. The second-order valence-electron chi connectivity index (χ2n) is 15.2. The second-order valence-corrected chi connectivity index (χ2v) is 16.1. The summed E-state index contributed by atoms with van der Waals surface area (Å²) in [7, 11) is 1.54. The van der Waals surface area contributed by atoms with Crippen molar-refractivity contribution in [2.45, 2.75) is 30.8 Å². The maximum atomic E-state index is 15.4. The van der Waals surface area contributed by atoms with Gasteiger partial charge in [-0.15, -0.1) is 0 Å². The van der Waals surface area contributed by atoms with Crippen molar-refractivity contribution in [2.75, 3.05) is 17.4 Å². The zero-order chi connectivity index (χ0) is 40.7. The largest absolute Gasteiger partial charge is 0.497 e. The molecule has 3 fully saturated rings. The molecule has 2 aliphatic carbocycles. The Kier molecular flexibility index (Phi) is 8.78. The van der Waals surface area contributed by atoms with Crippen molar-refractivity contribution >= 4 is 69.3 Å². The Balaban J connectivity index is 1.07. The fourth-order valence-electron chi connectivity index (χ4n) is 9.79. The number of allylic oxidation sites excluding steroid dienone is 2. The fourth-order valence-corrected chi connectivity index (χ4v) is 10.2. The van der Waals surface area contributed by atoms with Crippen molar-refractivity contribution < 1.29 is 37.9 Å². The van der Waals surface area contributed by atoms with Crippen molar-refractivity contribution in [1.29, 1.82) is 0 Å². The standard InChI is InChI=1S/C45H34Cl2N4O8/c1-57-27-13-8-24(9-14-27)45-32(42(54)51(44(45)56)49-34-18-10-25(46)20-33(34)47)21-31-29(39(45)37-19-15-28(22-52)58-37)16-17-30-38(31)43(55)50(41(30)53)26-11-6-23(7-12-26)40-48-35-4-2-3-5-36(35)59-40/h2-16,18-20,30-32,38-39,49,52H,17,21-22H2,1H3/t30-,31+,32-,38-,39+,45+/m0/s1. The van der Waals surface area contributed by atoms with Crippen LogP contribution < -0.4 is 15.1 Å². The predicted octanol–water partition coefficient (Wildman–Crippen LogP) is 8.09. The SMILES string of the molecule is COc1ccc([C@@]23C(=O)N(Nc4ccc(Cl)cc4Cl)C(=O)[C@@H]2C[C@@H]2C(=CC[C@@H]4C(=O)N(c5ccc(-c6nc7ccccc7o6)cc5)C(=O)[C@@H]42)[C@@H]3c2ccc(CO)o2)cc1.